The molecule has 2 aromatic carbocycles. The molecule has 1 aliphatic rings. The highest BCUT2D eigenvalue weighted by Gasteiger charge is 2.32. The first kappa shape index (κ1) is 19.8. The van der Waals surface area contributed by atoms with Crippen LogP contribution in [0.2, 0.25) is 5.02 Å². The molecule has 0 amide bonds. The van der Waals surface area contributed by atoms with E-state index in [-0.39, 0.29) is 12.0 Å². The van der Waals surface area contributed by atoms with Crippen LogP contribution in [0, 0.1) is 6.92 Å². The zero-order chi connectivity index (χ0) is 21.5. The first-order valence-electron chi connectivity index (χ1n) is 10.3. The smallest absolute Gasteiger partial charge is 0.200 e. The summed E-state index contributed by atoms with van der Waals surface area (Å²) in [5, 5.41) is 9.26. The third-order valence-corrected chi connectivity index (χ3v) is 6.25. The topological polar surface area (TPSA) is 77.1 Å². The fraction of sp³-hybridized carbons (Fsp3) is 0.304. The van der Waals surface area contributed by atoms with Crippen molar-refractivity contribution in [2.75, 3.05) is 11.4 Å². The van der Waals surface area contributed by atoms with E-state index in [1.807, 2.05) is 30.3 Å². The van der Waals surface area contributed by atoms with Gasteiger partial charge in [0.15, 0.2) is 17.8 Å². The number of halogens is 1. The molecular formula is C23H22ClN5O2. The van der Waals surface area contributed by atoms with E-state index in [0.29, 0.717) is 16.3 Å². The van der Waals surface area contributed by atoms with Gasteiger partial charge in [-0.3, -0.25) is 4.79 Å². The maximum Gasteiger partial charge on any atom is 0.200 e. The Morgan fingerprint density at radius 3 is 2.71 bits per heavy atom. The van der Waals surface area contributed by atoms with Crippen molar-refractivity contribution in [3.63, 3.8) is 0 Å². The van der Waals surface area contributed by atoms with Crippen LogP contribution in [0.15, 0.2) is 47.1 Å². The molecule has 1 fully saturated rings. The van der Waals surface area contributed by atoms with Crippen LogP contribution in [0.25, 0.3) is 16.8 Å². The average Bonchev–Trinajstić information content (AvgIpc) is 3.44. The van der Waals surface area contributed by atoms with Crippen LogP contribution in [0.4, 0.5) is 5.69 Å². The van der Waals surface area contributed by atoms with Crippen molar-refractivity contribution in [3.05, 3.63) is 64.8 Å². The lowest BCUT2D eigenvalue weighted by Gasteiger charge is -2.40. The fourth-order valence-corrected chi connectivity index (χ4v) is 4.57. The van der Waals surface area contributed by atoms with E-state index >= 15 is 0 Å². The minimum atomic E-state index is 0.125. The largest absolute Gasteiger partial charge is 0.440 e. The molecule has 8 heteroatoms. The van der Waals surface area contributed by atoms with Crippen molar-refractivity contribution in [2.45, 2.75) is 38.6 Å². The fourth-order valence-electron chi connectivity index (χ4n) is 4.41. The Morgan fingerprint density at radius 2 is 1.94 bits per heavy atom. The number of carbonyl (C=O) groups is 1. The van der Waals surface area contributed by atoms with Gasteiger partial charge in [-0.15, -0.1) is 4.80 Å². The lowest BCUT2D eigenvalue weighted by molar-refractivity contribution is 0.112. The predicted octanol–water partition coefficient (Wildman–Crippen LogP) is 4.96. The Hall–Kier alpha value is -3.19. The number of piperidine rings is 1. The Morgan fingerprint density at radius 1 is 1.13 bits per heavy atom. The Balaban J connectivity index is 1.57. The summed E-state index contributed by atoms with van der Waals surface area (Å²) < 4.78 is 6.08. The third-order valence-electron chi connectivity index (χ3n) is 6.01. The van der Waals surface area contributed by atoms with Gasteiger partial charge < -0.3 is 9.32 Å². The van der Waals surface area contributed by atoms with E-state index in [4.69, 9.17) is 21.0 Å². The number of oxazole rings is 1. The van der Waals surface area contributed by atoms with Gasteiger partial charge in [-0.05, 0) is 56.5 Å². The number of anilines is 1. The second-order valence-electron chi connectivity index (χ2n) is 8.05. The molecule has 0 unspecified atom stereocenters. The average molecular weight is 436 g/mol. The summed E-state index contributed by atoms with van der Waals surface area (Å²) in [6.07, 6.45) is 6.04. The Bertz CT molecular complexity index is 1250. The molecule has 0 spiro atoms. The number of aryl methyl sites for hydroxylation is 1. The van der Waals surface area contributed by atoms with E-state index in [2.05, 4.69) is 28.9 Å². The standard InChI is InChI=1S/C23H22ClN5O2/c1-14-3-5-17(13-30)22(29-25-9-10-26-29)21(14)28-12-16(6-4-15(28)2)23-27-19-11-18(24)7-8-20(19)31-23/h3,5,7-11,13,15-16H,4,6,12H2,1-2H3/t15-,16-/m1/s1. The molecule has 0 N–H and O–H groups in total. The van der Waals surface area contributed by atoms with Gasteiger partial charge in [0.1, 0.15) is 11.2 Å². The number of aldehydes is 1. The van der Waals surface area contributed by atoms with Crippen LogP contribution >= 0.6 is 11.6 Å². The lowest BCUT2D eigenvalue weighted by Crippen LogP contribution is -2.42. The minimum Gasteiger partial charge on any atom is -0.440 e. The van der Waals surface area contributed by atoms with E-state index in [0.717, 1.165) is 53.9 Å². The van der Waals surface area contributed by atoms with Crippen molar-refractivity contribution in [2.24, 2.45) is 0 Å². The van der Waals surface area contributed by atoms with Crippen molar-refractivity contribution < 1.29 is 9.21 Å². The molecule has 3 heterocycles. The zero-order valence-electron chi connectivity index (χ0n) is 17.3. The Kier molecular flexibility index (Phi) is 4.98. The molecule has 2 atom stereocenters. The van der Waals surface area contributed by atoms with Crippen LogP contribution in [0.5, 0.6) is 0 Å². The summed E-state index contributed by atoms with van der Waals surface area (Å²) in [6, 6.07) is 9.57. The first-order valence-corrected chi connectivity index (χ1v) is 10.7. The number of carbonyl (C=O) groups excluding carboxylic acids is 1. The molecule has 4 aromatic rings. The number of nitrogens with zero attached hydrogens (tertiary/aromatic N) is 5. The second kappa shape index (κ2) is 7.81. The number of hydrogen-bond donors (Lipinski definition) is 0. The SMILES string of the molecule is Cc1ccc(C=O)c(-n2nccn2)c1N1C[C@H](c2nc3cc(Cl)ccc3o2)CC[C@H]1C. The van der Waals surface area contributed by atoms with Gasteiger partial charge in [-0.25, -0.2) is 4.98 Å². The van der Waals surface area contributed by atoms with Gasteiger partial charge in [0.25, 0.3) is 0 Å². The van der Waals surface area contributed by atoms with Crippen molar-refractivity contribution in [3.8, 4) is 5.69 Å². The molecule has 2 aromatic heterocycles. The van der Waals surface area contributed by atoms with Crippen molar-refractivity contribution in [1.29, 1.82) is 0 Å². The minimum absolute atomic E-state index is 0.125. The molecule has 31 heavy (non-hydrogen) atoms. The van der Waals surface area contributed by atoms with Gasteiger partial charge >= 0.3 is 0 Å². The highest BCUT2D eigenvalue weighted by atomic mass is 35.5. The molecule has 158 valence electrons. The van der Waals surface area contributed by atoms with E-state index in [1.165, 1.54) is 4.80 Å². The monoisotopic (exact) mass is 435 g/mol. The maximum absolute atomic E-state index is 11.8. The third kappa shape index (κ3) is 3.49. The van der Waals surface area contributed by atoms with Crippen LogP contribution in [0.3, 0.4) is 0 Å². The number of aromatic nitrogens is 4. The van der Waals surface area contributed by atoms with Crippen LogP contribution in [0.1, 0.15) is 47.5 Å². The second-order valence-corrected chi connectivity index (χ2v) is 8.48. The summed E-state index contributed by atoms with van der Waals surface area (Å²) in [4.78, 5) is 20.4. The molecule has 5 rings (SSSR count). The first-order chi connectivity index (χ1) is 15.0. The number of benzene rings is 2. The molecule has 0 saturated carbocycles. The normalized spacial score (nSPS) is 19.1. The van der Waals surface area contributed by atoms with E-state index < -0.39 is 0 Å². The molecule has 1 aliphatic heterocycles. The van der Waals surface area contributed by atoms with Gasteiger partial charge in [-0.2, -0.15) is 10.2 Å². The Labute approximate surface area is 184 Å². The lowest BCUT2D eigenvalue weighted by atomic mass is 9.91. The summed E-state index contributed by atoms with van der Waals surface area (Å²) in [7, 11) is 0. The van der Waals surface area contributed by atoms with Gasteiger partial charge in [0.05, 0.1) is 24.0 Å². The van der Waals surface area contributed by atoms with Crippen LogP contribution in [-0.4, -0.2) is 38.9 Å². The van der Waals surface area contributed by atoms with Crippen molar-refractivity contribution >= 4 is 34.7 Å². The number of rotatable bonds is 4. The summed E-state index contributed by atoms with van der Waals surface area (Å²) in [5.41, 5.74) is 4.81. The molecule has 0 bridgehead atoms. The molecule has 0 aliphatic carbocycles. The summed E-state index contributed by atoms with van der Waals surface area (Å²) >= 11 is 6.12. The predicted molar refractivity (Wildman–Crippen MR) is 119 cm³/mol. The summed E-state index contributed by atoms with van der Waals surface area (Å²) in [5.74, 6) is 0.845. The number of fused-ring (bicyclic) bond motifs is 1. The molecular weight excluding hydrogens is 414 g/mol. The quantitative estimate of drug-likeness (QED) is 0.422. The number of hydrogen-bond acceptors (Lipinski definition) is 6. The van der Waals surface area contributed by atoms with Crippen molar-refractivity contribution in [1.82, 2.24) is 20.0 Å². The van der Waals surface area contributed by atoms with Gasteiger partial charge in [-0.1, -0.05) is 17.7 Å². The maximum atomic E-state index is 11.8. The zero-order valence-corrected chi connectivity index (χ0v) is 18.1. The van der Waals surface area contributed by atoms with E-state index in [1.54, 1.807) is 12.4 Å². The molecule has 7 nitrogen and oxygen atoms in total. The highest BCUT2D eigenvalue weighted by Crippen LogP contribution is 2.39. The molecule has 0 radical (unpaired) electrons. The molecule has 1 saturated heterocycles. The van der Waals surface area contributed by atoms with E-state index in [9.17, 15) is 4.79 Å². The highest BCUT2D eigenvalue weighted by molar-refractivity contribution is 6.31. The van der Waals surface area contributed by atoms with Gasteiger partial charge in [0.2, 0.25) is 0 Å². The van der Waals surface area contributed by atoms with Crippen LogP contribution in [-0.2, 0) is 0 Å². The van der Waals surface area contributed by atoms with Gasteiger partial charge in [0, 0.05) is 23.2 Å². The van der Waals surface area contributed by atoms with Crippen LogP contribution < -0.4 is 4.90 Å². The summed E-state index contributed by atoms with van der Waals surface area (Å²) in [6.45, 7) is 4.98.